The minimum absolute atomic E-state index is 0.0131. The number of benzene rings is 2. The summed E-state index contributed by atoms with van der Waals surface area (Å²) in [6.45, 7) is 4.59. The summed E-state index contributed by atoms with van der Waals surface area (Å²) in [7, 11) is 0. The Balaban J connectivity index is 1.88. The molecular weight excluding hydrogens is 509 g/mol. The van der Waals surface area contributed by atoms with Crippen molar-refractivity contribution < 1.29 is 35.5 Å². The molecule has 2 aromatic rings. The monoisotopic (exact) mass is 540 g/mol. The van der Waals surface area contributed by atoms with E-state index in [0.717, 1.165) is 44.4 Å². The lowest BCUT2D eigenvalue weighted by molar-refractivity contribution is -0.140. The van der Waals surface area contributed by atoms with Crippen molar-refractivity contribution in [1.82, 2.24) is 0 Å². The first-order chi connectivity index (χ1) is 18.0. The van der Waals surface area contributed by atoms with Gasteiger partial charge in [-0.25, -0.2) is 22.0 Å². The first-order valence-electron chi connectivity index (χ1n) is 12.7. The van der Waals surface area contributed by atoms with Gasteiger partial charge in [0.15, 0.2) is 12.3 Å². The quantitative estimate of drug-likeness (QED) is 0.157. The molecule has 1 nitrogen and oxygen atoms in total. The molecule has 0 saturated heterocycles. The van der Waals surface area contributed by atoms with Gasteiger partial charge in [0.2, 0.25) is 0 Å². The van der Waals surface area contributed by atoms with Crippen LogP contribution < -0.4 is 4.74 Å². The van der Waals surface area contributed by atoms with Crippen molar-refractivity contribution in [3.05, 3.63) is 93.8 Å². The van der Waals surface area contributed by atoms with E-state index >= 15 is 0 Å². The lowest BCUT2D eigenvalue weighted by Crippen LogP contribution is -2.27. The van der Waals surface area contributed by atoms with Gasteiger partial charge in [0.1, 0.15) is 23.2 Å². The van der Waals surface area contributed by atoms with Gasteiger partial charge in [-0.2, -0.15) is 8.78 Å². The summed E-state index contributed by atoms with van der Waals surface area (Å²) < 4.78 is 107. The topological polar surface area (TPSA) is 9.23 Å². The number of rotatable bonds is 11. The molecule has 0 fully saturated rings. The molecule has 0 aromatic heterocycles. The maximum atomic E-state index is 15.0. The van der Waals surface area contributed by atoms with Crippen molar-refractivity contribution in [2.45, 2.75) is 77.7 Å². The summed E-state index contributed by atoms with van der Waals surface area (Å²) in [5.74, 6) is -3.40. The molecule has 206 valence electrons. The average Bonchev–Trinajstić information content (AvgIpc) is 2.84. The van der Waals surface area contributed by atoms with Crippen LogP contribution in [0.2, 0.25) is 0 Å². The highest BCUT2D eigenvalue weighted by Gasteiger charge is 2.39. The van der Waals surface area contributed by atoms with Crippen LogP contribution in [0, 0.1) is 11.6 Å². The Hall–Kier alpha value is -3.03. The predicted octanol–water partition coefficient (Wildman–Crippen LogP) is 9.87. The van der Waals surface area contributed by atoms with Crippen LogP contribution in [-0.2, 0) is 12.8 Å². The molecule has 0 amide bonds. The molecular formula is C30H31F7O. The molecule has 0 aliphatic heterocycles. The van der Waals surface area contributed by atoms with Gasteiger partial charge in [-0.1, -0.05) is 57.4 Å². The minimum atomic E-state index is -4.22. The van der Waals surface area contributed by atoms with Crippen molar-refractivity contribution in [3.8, 4) is 5.75 Å². The van der Waals surface area contributed by atoms with Crippen molar-refractivity contribution in [3.63, 3.8) is 0 Å². The molecule has 0 radical (unpaired) electrons. The molecule has 3 rings (SSSR count). The second kappa shape index (κ2) is 12.7. The number of fused-ring (bicyclic) bond motifs is 1. The highest BCUT2D eigenvalue weighted by Crippen LogP contribution is 2.41. The Labute approximate surface area is 218 Å². The third kappa shape index (κ3) is 6.69. The molecule has 0 bridgehead atoms. The maximum absolute atomic E-state index is 15.0. The summed E-state index contributed by atoms with van der Waals surface area (Å²) in [4.78, 5) is 0. The van der Waals surface area contributed by atoms with E-state index in [1.54, 1.807) is 0 Å². The predicted molar refractivity (Wildman–Crippen MR) is 135 cm³/mol. The molecule has 0 saturated carbocycles. The van der Waals surface area contributed by atoms with E-state index in [-0.39, 0.29) is 16.7 Å². The zero-order chi connectivity index (χ0) is 28.0. The van der Waals surface area contributed by atoms with E-state index in [1.807, 2.05) is 13.8 Å². The first kappa shape index (κ1) is 29.5. The molecule has 0 heterocycles. The van der Waals surface area contributed by atoms with Crippen LogP contribution in [0.5, 0.6) is 5.75 Å². The first-order valence-corrected chi connectivity index (χ1v) is 12.7. The van der Waals surface area contributed by atoms with Crippen LogP contribution in [0.3, 0.4) is 0 Å². The zero-order valence-electron chi connectivity index (χ0n) is 21.6. The normalized spacial score (nSPS) is 18.3. The van der Waals surface area contributed by atoms with Crippen LogP contribution in [0.15, 0.2) is 60.0 Å². The highest BCUT2D eigenvalue weighted by atomic mass is 19.3. The van der Waals surface area contributed by atoms with Crippen molar-refractivity contribution in [2.24, 2.45) is 0 Å². The van der Waals surface area contributed by atoms with E-state index in [4.69, 9.17) is 0 Å². The fourth-order valence-electron chi connectivity index (χ4n) is 4.42. The standard InChI is InChI=1S/C30H31F7O/c1-4-6-7-9-19-10-13-22(17-25(19)32)38-30(36,37)24(18(3)31)15-12-21-16-26(33)29(35)27-23(21)14-11-20(8-5-2)28(27)34/h10-17,26,29H,4-9H2,1-3H3/b15-12-,24-18-. The van der Waals surface area contributed by atoms with Crippen molar-refractivity contribution >= 4 is 5.57 Å². The Morgan fingerprint density at radius 2 is 1.68 bits per heavy atom. The number of hydrogen-bond acceptors (Lipinski definition) is 1. The van der Waals surface area contributed by atoms with Crippen molar-refractivity contribution in [1.29, 1.82) is 0 Å². The lowest BCUT2D eigenvalue weighted by Gasteiger charge is -2.24. The van der Waals surface area contributed by atoms with Crippen LogP contribution >= 0.6 is 0 Å². The average molecular weight is 541 g/mol. The van der Waals surface area contributed by atoms with Crippen molar-refractivity contribution in [2.75, 3.05) is 0 Å². The molecule has 0 spiro atoms. The molecule has 1 aliphatic carbocycles. The van der Waals surface area contributed by atoms with Gasteiger partial charge in [-0.05, 0) is 66.7 Å². The van der Waals surface area contributed by atoms with E-state index in [9.17, 15) is 30.7 Å². The van der Waals surface area contributed by atoms with Gasteiger partial charge in [0, 0.05) is 11.6 Å². The number of halogens is 7. The van der Waals surface area contributed by atoms with Gasteiger partial charge in [0.25, 0.3) is 0 Å². The second-order valence-electron chi connectivity index (χ2n) is 9.33. The van der Waals surface area contributed by atoms with Crippen LogP contribution in [-0.4, -0.2) is 12.3 Å². The Bertz CT molecular complexity index is 1230. The van der Waals surface area contributed by atoms with Gasteiger partial charge in [-0.3, -0.25) is 0 Å². The second-order valence-corrected chi connectivity index (χ2v) is 9.33. The van der Waals surface area contributed by atoms with E-state index in [2.05, 4.69) is 4.74 Å². The molecule has 8 heteroatoms. The third-order valence-corrected chi connectivity index (χ3v) is 6.42. The molecule has 38 heavy (non-hydrogen) atoms. The summed E-state index contributed by atoms with van der Waals surface area (Å²) >= 11 is 0. The highest BCUT2D eigenvalue weighted by molar-refractivity contribution is 5.79. The summed E-state index contributed by atoms with van der Waals surface area (Å²) in [6, 6.07) is 6.16. The number of alkyl halides is 4. The summed E-state index contributed by atoms with van der Waals surface area (Å²) in [6.07, 6.45) is -2.32. The number of unbranched alkanes of at least 4 members (excludes halogenated alkanes) is 2. The Kier molecular flexibility index (Phi) is 9.85. The molecule has 0 N–H and O–H groups in total. The van der Waals surface area contributed by atoms with E-state index in [0.29, 0.717) is 30.9 Å². The van der Waals surface area contributed by atoms with Crippen LogP contribution in [0.4, 0.5) is 30.7 Å². The molecule has 1 aliphatic rings. The van der Waals surface area contributed by atoms with Gasteiger partial charge < -0.3 is 4.74 Å². The maximum Gasteiger partial charge on any atom is 0.429 e. The number of aryl methyl sites for hydroxylation is 2. The Morgan fingerprint density at radius 3 is 2.32 bits per heavy atom. The number of ether oxygens (including phenoxy) is 1. The van der Waals surface area contributed by atoms with Crippen LogP contribution in [0.25, 0.3) is 5.57 Å². The van der Waals surface area contributed by atoms with E-state index < -0.39 is 52.8 Å². The fourth-order valence-corrected chi connectivity index (χ4v) is 4.42. The molecule has 2 atom stereocenters. The Morgan fingerprint density at radius 1 is 0.974 bits per heavy atom. The third-order valence-electron chi connectivity index (χ3n) is 6.42. The van der Waals surface area contributed by atoms with Gasteiger partial charge in [0.05, 0.1) is 5.57 Å². The number of hydrogen-bond donors (Lipinski definition) is 0. The number of allylic oxidation sites excluding steroid dienone is 4. The van der Waals surface area contributed by atoms with Gasteiger partial charge >= 0.3 is 6.11 Å². The molecule has 2 unspecified atom stereocenters. The van der Waals surface area contributed by atoms with E-state index in [1.165, 1.54) is 24.3 Å². The molecule has 2 aromatic carbocycles. The minimum Gasteiger partial charge on any atom is -0.429 e. The SMILES string of the molecule is CCCCCc1ccc(OC(F)(F)C(/C=C\C2=CC(F)C(F)c3c2ccc(CCC)c3F)=C(/C)F)cc1F. The lowest BCUT2D eigenvalue weighted by atomic mass is 9.85. The fraction of sp³-hybridized carbons (Fsp3) is 0.400. The summed E-state index contributed by atoms with van der Waals surface area (Å²) in [5, 5.41) is 0. The summed E-state index contributed by atoms with van der Waals surface area (Å²) in [5.41, 5.74) is -1.22. The zero-order valence-corrected chi connectivity index (χ0v) is 21.6. The largest absolute Gasteiger partial charge is 0.429 e. The smallest absolute Gasteiger partial charge is 0.429 e. The van der Waals surface area contributed by atoms with Gasteiger partial charge in [-0.15, -0.1) is 0 Å². The van der Waals surface area contributed by atoms with Crippen LogP contribution in [0.1, 0.15) is 74.9 Å².